The summed E-state index contributed by atoms with van der Waals surface area (Å²) in [5.41, 5.74) is 0.874. The Labute approximate surface area is 117 Å². The lowest BCUT2D eigenvalue weighted by Crippen LogP contribution is -2.04. The van der Waals surface area contributed by atoms with E-state index in [1.54, 1.807) is 24.3 Å². The summed E-state index contributed by atoms with van der Waals surface area (Å²) >= 11 is 0. The highest BCUT2D eigenvalue weighted by molar-refractivity contribution is 7.91. The van der Waals surface area contributed by atoms with Crippen molar-refractivity contribution in [1.29, 1.82) is 0 Å². The minimum absolute atomic E-state index is 0.0905. The molecule has 1 heterocycles. The van der Waals surface area contributed by atoms with Crippen molar-refractivity contribution in [2.75, 3.05) is 0 Å². The average molecular weight is 283 g/mol. The Morgan fingerprint density at radius 2 is 1.65 bits per heavy atom. The second kappa shape index (κ2) is 4.72. The maximum absolute atomic E-state index is 12.6. The number of benzene rings is 2. The Hall–Kier alpha value is -2.20. The summed E-state index contributed by atoms with van der Waals surface area (Å²) in [4.78, 5) is 4.25. The molecule has 2 aromatic carbocycles. The molecule has 100 valence electrons. The minimum atomic E-state index is -3.56. The second-order valence-corrected chi connectivity index (χ2v) is 6.58. The van der Waals surface area contributed by atoms with E-state index >= 15 is 0 Å². The van der Waals surface area contributed by atoms with Crippen LogP contribution in [0, 0.1) is 6.92 Å². The van der Waals surface area contributed by atoms with Crippen molar-refractivity contribution in [2.45, 2.75) is 16.8 Å². The molecule has 0 fully saturated rings. The fourth-order valence-corrected chi connectivity index (χ4v) is 3.42. The maximum Gasteiger partial charge on any atom is 0.223 e. The first-order chi connectivity index (χ1) is 9.57. The maximum atomic E-state index is 12.6. The molecule has 0 atom stereocenters. The predicted octanol–water partition coefficient (Wildman–Crippen LogP) is 3.38. The van der Waals surface area contributed by atoms with Crippen LogP contribution in [0.1, 0.15) is 5.56 Å². The first-order valence-corrected chi connectivity index (χ1v) is 7.72. The summed E-state index contributed by atoms with van der Waals surface area (Å²) in [5.74, 6) is 0. The van der Waals surface area contributed by atoms with Crippen LogP contribution in [0.15, 0.2) is 70.7 Å². The van der Waals surface area contributed by atoms with Crippen molar-refractivity contribution in [2.24, 2.45) is 0 Å². The van der Waals surface area contributed by atoms with Gasteiger partial charge in [0.1, 0.15) is 0 Å². The van der Waals surface area contributed by atoms with E-state index in [0.29, 0.717) is 0 Å². The van der Waals surface area contributed by atoms with E-state index in [1.807, 2.05) is 37.3 Å². The van der Waals surface area contributed by atoms with Crippen molar-refractivity contribution < 1.29 is 8.42 Å². The van der Waals surface area contributed by atoms with Crippen LogP contribution in [0.5, 0.6) is 0 Å². The number of sulfone groups is 1. The van der Waals surface area contributed by atoms with Gasteiger partial charge < -0.3 is 0 Å². The molecule has 0 saturated heterocycles. The van der Waals surface area contributed by atoms with E-state index in [4.69, 9.17) is 0 Å². The van der Waals surface area contributed by atoms with Crippen LogP contribution in [0.3, 0.4) is 0 Å². The third-order valence-electron chi connectivity index (χ3n) is 3.20. The predicted molar refractivity (Wildman–Crippen MR) is 78.4 cm³/mol. The van der Waals surface area contributed by atoms with E-state index in [9.17, 15) is 8.42 Å². The lowest BCUT2D eigenvalue weighted by atomic mass is 10.1. The molecule has 0 spiro atoms. The Balaban J connectivity index is 2.18. The van der Waals surface area contributed by atoms with Crippen molar-refractivity contribution >= 4 is 20.6 Å². The molecule has 0 aliphatic rings. The van der Waals surface area contributed by atoms with Gasteiger partial charge in [0.25, 0.3) is 0 Å². The summed E-state index contributed by atoms with van der Waals surface area (Å²) in [6.07, 6.45) is 1.52. The van der Waals surface area contributed by atoms with Crippen LogP contribution >= 0.6 is 0 Å². The molecule has 3 aromatic rings. The van der Waals surface area contributed by atoms with Gasteiger partial charge in [-0.25, -0.2) is 13.4 Å². The number of hydrogen-bond donors (Lipinski definition) is 0. The van der Waals surface area contributed by atoms with Crippen LogP contribution in [0.25, 0.3) is 10.8 Å². The second-order valence-electron chi connectivity index (χ2n) is 4.68. The van der Waals surface area contributed by atoms with Gasteiger partial charge in [0.05, 0.1) is 4.90 Å². The van der Waals surface area contributed by atoms with Gasteiger partial charge >= 0.3 is 0 Å². The van der Waals surface area contributed by atoms with Gasteiger partial charge in [0.15, 0.2) is 5.03 Å². The SMILES string of the molecule is Cc1ccnc(S(=O)(=O)c2ccc3ccccc3c2)c1. The van der Waals surface area contributed by atoms with Gasteiger partial charge in [-0.15, -0.1) is 0 Å². The van der Waals surface area contributed by atoms with E-state index in [1.165, 1.54) is 6.20 Å². The summed E-state index contributed by atoms with van der Waals surface area (Å²) in [6.45, 7) is 1.85. The molecule has 1 aromatic heterocycles. The smallest absolute Gasteiger partial charge is 0.223 e. The quantitative estimate of drug-likeness (QED) is 0.724. The molecule has 0 amide bonds. The Morgan fingerprint density at radius 3 is 2.40 bits per heavy atom. The number of aromatic nitrogens is 1. The molecule has 4 heteroatoms. The molecule has 3 rings (SSSR count). The van der Waals surface area contributed by atoms with Crippen molar-refractivity contribution in [3.8, 4) is 0 Å². The largest absolute Gasteiger partial charge is 0.244 e. The van der Waals surface area contributed by atoms with Crippen LogP contribution in [0.4, 0.5) is 0 Å². The van der Waals surface area contributed by atoms with E-state index < -0.39 is 9.84 Å². The lowest BCUT2D eigenvalue weighted by molar-refractivity contribution is 0.592. The number of hydrogen-bond acceptors (Lipinski definition) is 3. The molecular formula is C16H13NO2S. The molecule has 0 radical (unpaired) electrons. The summed E-state index contributed by atoms with van der Waals surface area (Å²) in [6, 6.07) is 16.2. The summed E-state index contributed by atoms with van der Waals surface area (Å²) in [7, 11) is -3.56. The molecule has 3 nitrogen and oxygen atoms in total. The summed E-state index contributed by atoms with van der Waals surface area (Å²) < 4.78 is 25.1. The van der Waals surface area contributed by atoms with Crippen molar-refractivity contribution in [1.82, 2.24) is 4.98 Å². The molecule has 0 unspecified atom stereocenters. The Kier molecular flexibility index (Phi) is 3.03. The van der Waals surface area contributed by atoms with Gasteiger partial charge in [-0.3, -0.25) is 0 Å². The molecule has 0 saturated carbocycles. The number of fused-ring (bicyclic) bond motifs is 1. The zero-order valence-electron chi connectivity index (χ0n) is 10.9. The number of aryl methyl sites for hydroxylation is 1. The van der Waals surface area contributed by atoms with Crippen LogP contribution in [0.2, 0.25) is 0 Å². The first-order valence-electron chi connectivity index (χ1n) is 6.24. The average Bonchev–Trinajstić information content (AvgIpc) is 2.46. The first kappa shape index (κ1) is 12.8. The van der Waals surface area contributed by atoms with Gasteiger partial charge in [-0.2, -0.15) is 0 Å². The number of rotatable bonds is 2. The third-order valence-corrected chi connectivity index (χ3v) is 4.85. The van der Waals surface area contributed by atoms with Crippen LogP contribution in [-0.4, -0.2) is 13.4 Å². The highest BCUT2D eigenvalue weighted by Crippen LogP contribution is 2.23. The fourth-order valence-electron chi connectivity index (χ4n) is 2.11. The molecule has 0 aliphatic carbocycles. The van der Waals surface area contributed by atoms with Crippen molar-refractivity contribution in [3.05, 3.63) is 66.4 Å². The van der Waals surface area contributed by atoms with Gasteiger partial charge in [0.2, 0.25) is 9.84 Å². The topological polar surface area (TPSA) is 47.0 Å². The highest BCUT2D eigenvalue weighted by atomic mass is 32.2. The Morgan fingerprint density at radius 1 is 0.900 bits per heavy atom. The molecular weight excluding hydrogens is 270 g/mol. The Bertz CT molecular complexity index is 886. The van der Waals surface area contributed by atoms with Crippen molar-refractivity contribution in [3.63, 3.8) is 0 Å². The van der Waals surface area contributed by atoms with Gasteiger partial charge in [0, 0.05) is 6.20 Å². The zero-order valence-corrected chi connectivity index (χ0v) is 11.8. The summed E-state index contributed by atoms with van der Waals surface area (Å²) in [5, 5.41) is 2.01. The minimum Gasteiger partial charge on any atom is -0.244 e. The van der Waals surface area contributed by atoms with Crippen LogP contribution in [-0.2, 0) is 9.84 Å². The standard InChI is InChI=1S/C16H13NO2S/c1-12-8-9-17-16(10-12)20(18,19)15-7-6-13-4-2-3-5-14(13)11-15/h2-11H,1H3. The molecule has 0 N–H and O–H groups in total. The monoisotopic (exact) mass is 283 g/mol. The number of nitrogens with zero attached hydrogens (tertiary/aromatic N) is 1. The van der Waals surface area contributed by atoms with Crippen LogP contribution < -0.4 is 0 Å². The molecule has 20 heavy (non-hydrogen) atoms. The normalized spacial score (nSPS) is 11.7. The highest BCUT2D eigenvalue weighted by Gasteiger charge is 2.19. The third kappa shape index (κ3) is 2.18. The zero-order chi connectivity index (χ0) is 14.2. The fraction of sp³-hybridized carbons (Fsp3) is 0.0625. The van der Waals surface area contributed by atoms with Gasteiger partial charge in [-0.1, -0.05) is 30.3 Å². The van der Waals surface area contributed by atoms with E-state index in [2.05, 4.69) is 4.98 Å². The number of pyridine rings is 1. The molecule has 0 aliphatic heterocycles. The molecule has 0 bridgehead atoms. The van der Waals surface area contributed by atoms with E-state index in [-0.39, 0.29) is 9.92 Å². The lowest BCUT2D eigenvalue weighted by Gasteiger charge is -2.06. The van der Waals surface area contributed by atoms with Gasteiger partial charge in [-0.05, 0) is 47.5 Å². The van der Waals surface area contributed by atoms with E-state index in [0.717, 1.165) is 16.3 Å².